The number of hydrogen-bond acceptors (Lipinski definition) is 4. The molecule has 6 nitrogen and oxygen atoms in total. The Morgan fingerprint density at radius 3 is 2.44 bits per heavy atom. The van der Waals surface area contributed by atoms with Gasteiger partial charge in [-0.3, -0.25) is 9.59 Å². The zero-order chi connectivity index (χ0) is 14.0. The molecular weight excluding hydrogens is 238 g/mol. The quantitative estimate of drug-likeness (QED) is 0.363. The summed E-state index contributed by atoms with van der Waals surface area (Å²) >= 11 is 0. The number of carbonyl (C=O) groups excluding carboxylic acids is 2. The summed E-state index contributed by atoms with van der Waals surface area (Å²) in [5.74, 6) is -1.51. The van der Waals surface area contributed by atoms with Crippen LogP contribution in [0.25, 0.3) is 0 Å². The molecule has 0 fully saturated rings. The summed E-state index contributed by atoms with van der Waals surface area (Å²) < 4.78 is 4.81. The number of aliphatic carboxylic acids is 1. The summed E-state index contributed by atoms with van der Waals surface area (Å²) in [5, 5.41) is 11.0. The third kappa shape index (κ3) is 9.38. The molecule has 0 unspecified atom stereocenters. The van der Waals surface area contributed by atoms with Crippen LogP contribution in [0, 0.1) is 0 Å². The van der Waals surface area contributed by atoms with Gasteiger partial charge < -0.3 is 15.2 Å². The summed E-state index contributed by atoms with van der Waals surface area (Å²) in [7, 11) is 0. The van der Waals surface area contributed by atoms with Gasteiger partial charge in [0.05, 0.1) is 6.61 Å². The Balaban J connectivity index is 3.45. The molecule has 18 heavy (non-hydrogen) atoms. The van der Waals surface area contributed by atoms with Crippen molar-refractivity contribution in [2.24, 2.45) is 0 Å². The molecule has 0 aromatic carbocycles. The predicted octanol–water partition coefficient (Wildman–Crippen LogP) is 0.867. The van der Waals surface area contributed by atoms with E-state index in [9.17, 15) is 14.4 Å². The Labute approximate surface area is 106 Å². The highest BCUT2D eigenvalue weighted by atomic mass is 16.5. The van der Waals surface area contributed by atoms with Gasteiger partial charge >= 0.3 is 11.9 Å². The molecule has 0 radical (unpaired) electrons. The third-order valence-electron chi connectivity index (χ3n) is 2.02. The largest absolute Gasteiger partial charge is 0.481 e. The summed E-state index contributed by atoms with van der Waals surface area (Å²) in [6.07, 6.45) is 1.13. The number of carboxylic acids is 1. The fourth-order valence-corrected chi connectivity index (χ4v) is 1.08. The van der Waals surface area contributed by atoms with Crippen molar-refractivity contribution < 1.29 is 24.2 Å². The smallest absolute Gasteiger partial charge is 0.333 e. The molecule has 0 aliphatic heterocycles. The number of esters is 1. The molecule has 0 atom stereocenters. The molecule has 0 saturated heterocycles. The molecular formula is C12H19NO5. The summed E-state index contributed by atoms with van der Waals surface area (Å²) in [6.45, 7) is 5.50. The van der Waals surface area contributed by atoms with E-state index in [1.807, 2.05) is 0 Å². The fraction of sp³-hybridized carbons (Fsp3) is 0.583. The molecule has 0 heterocycles. The van der Waals surface area contributed by atoms with Crippen LogP contribution in [0.2, 0.25) is 0 Å². The normalized spacial score (nSPS) is 9.61. The maximum Gasteiger partial charge on any atom is 0.333 e. The number of amides is 1. The van der Waals surface area contributed by atoms with E-state index in [1.165, 1.54) is 0 Å². The van der Waals surface area contributed by atoms with Crippen LogP contribution in [-0.4, -0.2) is 36.1 Å². The molecule has 0 bridgehead atoms. The van der Waals surface area contributed by atoms with Gasteiger partial charge in [-0.2, -0.15) is 0 Å². The minimum absolute atomic E-state index is 0.0382. The van der Waals surface area contributed by atoms with E-state index in [-0.39, 0.29) is 25.4 Å². The highest BCUT2D eigenvalue weighted by molar-refractivity contribution is 5.86. The molecule has 0 rings (SSSR count). The van der Waals surface area contributed by atoms with Crippen molar-refractivity contribution in [3.63, 3.8) is 0 Å². The van der Waals surface area contributed by atoms with Gasteiger partial charge in [0.2, 0.25) is 5.91 Å². The van der Waals surface area contributed by atoms with Crippen LogP contribution in [0.5, 0.6) is 0 Å². The highest BCUT2D eigenvalue weighted by Crippen LogP contribution is 1.96. The van der Waals surface area contributed by atoms with Crippen molar-refractivity contribution in [2.45, 2.75) is 32.6 Å². The zero-order valence-corrected chi connectivity index (χ0v) is 10.5. The molecule has 2 N–H and O–H groups in total. The predicted molar refractivity (Wildman–Crippen MR) is 64.9 cm³/mol. The Morgan fingerprint density at radius 2 is 1.89 bits per heavy atom. The van der Waals surface area contributed by atoms with Crippen molar-refractivity contribution in [1.82, 2.24) is 5.32 Å². The van der Waals surface area contributed by atoms with Gasteiger partial charge in [0.15, 0.2) is 0 Å². The van der Waals surface area contributed by atoms with E-state index in [0.29, 0.717) is 25.0 Å². The van der Waals surface area contributed by atoms with Crippen LogP contribution in [-0.2, 0) is 19.1 Å². The lowest BCUT2D eigenvalue weighted by Crippen LogP contribution is -2.25. The first-order valence-electron chi connectivity index (χ1n) is 5.74. The molecule has 6 heteroatoms. The SMILES string of the molecule is C=C(C)C(=O)OCCCC(=O)NCCCC(=O)O. The number of carbonyl (C=O) groups is 3. The molecule has 0 aromatic rings. The summed E-state index contributed by atoms with van der Waals surface area (Å²) in [5.41, 5.74) is 0.327. The lowest BCUT2D eigenvalue weighted by molar-refractivity contribution is -0.139. The third-order valence-corrected chi connectivity index (χ3v) is 2.02. The maximum absolute atomic E-state index is 11.2. The maximum atomic E-state index is 11.2. The topological polar surface area (TPSA) is 92.7 Å². The summed E-state index contributed by atoms with van der Waals surface area (Å²) in [6, 6.07) is 0. The van der Waals surface area contributed by atoms with Crippen molar-refractivity contribution >= 4 is 17.8 Å². The number of rotatable bonds is 9. The second-order valence-electron chi connectivity index (χ2n) is 3.87. The number of ether oxygens (including phenoxy) is 1. The van der Waals surface area contributed by atoms with E-state index in [2.05, 4.69) is 11.9 Å². The number of carboxylic acid groups (broad SMARTS) is 1. The highest BCUT2D eigenvalue weighted by Gasteiger charge is 2.05. The first kappa shape index (κ1) is 16.1. The van der Waals surface area contributed by atoms with Crippen LogP contribution in [0.1, 0.15) is 32.6 Å². The van der Waals surface area contributed by atoms with Crippen molar-refractivity contribution in [3.8, 4) is 0 Å². The zero-order valence-electron chi connectivity index (χ0n) is 10.5. The monoisotopic (exact) mass is 257 g/mol. The molecule has 0 aliphatic carbocycles. The lowest BCUT2D eigenvalue weighted by atomic mass is 10.3. The van der Waals surface area contributed by atoms with Gasteiger partial charge in [-0.05, 0) is 19.8 Å². The lowest BCUT2D eigenvalue weighted by Gasteiger charge is -2.05. The fourth-order valence-electron chi connectivity index (χ4n) is 1.08. The minimum Gasteiger partial charge on any atom is -0.481 e. The van der Waals surface area contributed by atoms with Crippen LogP contribution in [0.3, 0.4) is 0 Å². The standard InChI is InChI=1S/C12H19NO5/c1-9(2)12(17)18-8-4-5-10(14)13-7-3-6-11(15)16/h1,3-8H2,2H3,(H,13,14)(H,15,16). The molecule has 1 amide bonds. The van der Waals surface area contributed by atoms with Gasteiger partial charge in [-0.15, -0.1) is 0 Å². The van der Waals surface area contributed by atoms with Crippen LogP contribution >= 0.6 is 0 Å². The Morgan fingerprint density at radius 1 is 1.22 bits per heavy atom. The van der Waals surface area contributed by atoms with E-state index in [1.54, 1.807) is 6.92 Å². The molecule has 0 spiro atoms. The van der Waals surface area contributed by atoms with Gasteiger partial charge in [-0.1, -0.05) is 6.58 Å². The van der Waals surface area contributed by atoms with Gasteiger partial charge in [0, 0.05) is 25.0 Å². The first-order valence-corrected chi connectivity index (χ1v) is 5.74. The Kier molecular flexibility index (Phi) is 8.26. The molecule has 0 aromatic heterocycles. The van der Waals surface area contributed by atoms with E-state index in [4.69, 9.17) is 9.84 Å². The van der Waals surface area contributed by atoms with Crippen molar-refractivity contribution in [3.05, 3.63) is 12.2 Å². The van der Waals surface area contributed by atoms with Crippen molar-refractivity contribution in [2.75, 3.05) is 13.2 Å². The number of hydrogen-bond donors (Lipinski definition) is 2. The first-order chi connectivity index (χ1) is 8.43. The van der Waals surface area contributed by atoms with Crippen LogP contribution in [0.15, 0.2) is 12.2 Å². The van der Waals surface area contributed by atoms with Crippen LogP contribution in [0.4, 0.5) is 0 Å². The van der Waals surface area contributed by atoms with E-state index < -0.39 is 11.9 Å². The second-order valence-corrected chi connectivity index (χ2v) is 3.87. The summed E-state index contributed by atoms with van der Waals surface area (Å²) in [4.78, 5) is 32.4. The molecule has 102 valence electrons. The van der Waals surface area contributed by atoms with Gasteiger partial charge in [0.1, 0.15) is 0 Å². The van der Waals surface area contributed by atoms with Gasteiger partial charge in [-0.25, -0.2) is 4.79 Å². The van der Waals surface area contributed by atoms with E-state index >= 15 is 0 Å². The van der Waals surface area contributed by atoms with E-state index in [0.717, 1.165) is 0 Å². The average Bonchev–Trinajstić information content (AvgIpc) is 2.29. The molecule has 0 aliphatic rings. The minimum atomic E-state index is -0.879. The Hall–Kier alpha value is -1.85. The second kappa shape index (κ2) is 9.21. The van der Waals surface area contributed by atoms with Crippen LogP contribution < -0.4 is 5.32 Å². The number of nitrogens with one attached hydrogen (secondary N) is 1. The Bertz CT molecular complexity index is 324. The molecule has 0 saturated carbocycles. The van der Waals surface area contributed by atoms with Gasteiger partial charge in [0.25, 0.3) is 0 Å². The van der Waals surface area contributed by atoms with Crippen molar-refractivity contribution in [1.29, 1.82) is 0 Å². The average molecular weight is 257 g/mol.